The molecule has 6 nitrogen and oxygen atoms in total. The molecular formula is C12H15NO5S. The van der Waals surface area contributed by atoms with Crippen LogP contribution in [-0.2, 0) is 9.84 Å². The van der Waals surface area contributed by atoms with Crippen LogP contribution in [0.5, 0.6) is 5.75 Å². The second kappa shape index (κ2) is 5.18. The Kier molecular flexibility index (Phi) is 3.77. The summed E-state index contributed by atoms with van der Waals surface area (Å²) in [5.74, 6) is -1.32. The van der Waals surface area contributed by atoms with Crippen LogP contribution in [0.25, 0.3) is 0 Å². The van der Waals surface area contributed by atoms with Crippen molar-refractivity contribution in [2.45, 2.75) is 23.1 Å². The number of sulfone groups is 1. The summed E-state index contributed by atoms with van der Waals surface area (Å²) in [6.07, 6.45) is 1.30. The zero-order valence-corrected chi connectivity index (χ0v) is 11.2. The molecule has 0 amide bonds. The lowest BCUT2D eigenvalue weighted by molar-refractivity contribution is 0.0693. The number of aromatic carboxylic acids is 1. The third-order valence-corrected chi connectivity index (χ3v) is 5.20. The highest BCUT2D eigenvalue weighted by molar-refractivity contribution is 7.92. The lowest BCUT2D eigenvalue weighted by atomic mass is 10.2. The predicted octanol–water partition coefficient (Wildman–Crippen LogP) is 0.877. The monoisotopic (exact) mass is 285 g/mol. The Morgan fingerprint density at radius 3 is 2.74 bits per heavy atom. The molecule has 0 radical (unpaired) electrons. The summed E-state index contributed by atoms with van der Waals surface area (Å²) in [5, 5.41) is 11.3. The van der Waals surface area contributed by atoms with E-state index in [1.807, 2.05) is 0 Å². The minimum Gasteiger partial charge on any atom is -0.494 e. The van der Waals surface area contributed by atoms with E-state index in [1.165, 1.54) is 25.3 Å². The molecular weight excluding hydrogens is 270 g/mol. The zero-order valence-electron chi connectivity index (χ0n) is 10.4. The van der Waals surface area contributed by atoms with Crippen LogP contribution in [0.4, 0.5) is 0 Å². The van der Waals surface area contributed by atoms with Gasteiger partial charge in [0.15, 0.2) is 15.6 Å². The van der Waals surface area contributed by atoms with Gasteiger partial charge in [-0.1, -0.05) is 6.07 Å². The maximum Gasteiger partial charge on any atom is 0.339 e. The Morgan fingerprint density at radius 2 is 2.21 bits per heavy atom. The maximum atomic E-state index is 12.5. The van der Waals surface area contributed by atoms with Gasteiger partial charge in [-0.2, -0.15) is 0 Å². The van der Waals surface area contributed by atoms with Crippen LogP contribution in [0.2, 0.25) is 0 Å². The number of rotatable bonds is 4. The number of nitrogens with one attached hydrogen (secondary N) is 1. The number of para-hydroxylation sites is 1. The topological polar surface area (TPSA) is 92.7 Å². The number of carboxylic acids is 1. The summed E-state index contributed by atoms with van der Waals surface area (Å²) in [6, 6.07) is 4.11. The van der Waals surface area contributed by atoms with Crippen molar-refractivity contribution in [3.63, 3.8) is 0 Å². The van der Waals surface area contributed by atoms with Gasteiger partial charge in [-0.3, -0.25) is 0 Å². The smallest absolute Gasteiger partial charge is 0.339 e. The first-order valence-corrected chi connectivity index (χ1v) is 7.40. The van der Waals surface area contributed by atoms with Crippen molar-refractivity contribution in [1.82, 2.24) is 5.32 Å². The van der Waals surface area contributed by atoms with Gasteiger partial charge in [0.1, 0.15) is 15.8 Å². The Morgan fingerprint density at radius 1 is 1.47 bits per heavy atom. The fraction of sp³-hybridized carbons (Fsp3) is 0.417. The third-order valence-electron chi connectivity index (χ3n) is 3.11. The summed E-state index contributed by atoms with van der Waals surface area (Å²) < 4.78 is 29.9. The average molecular weight is 285 g/mol. The van der Waals surface area contributed by atoms with E-state index in [9.17, 15) is 13.2 Å². The second-order valence-electron chi connectivity index (χ2n) is 4.27. The van der Waals surface area contributed by atoms with E-state index >= 15 is 0 Å². The van der Waals surface area contributed by atoms with Gasteiger partial charge in [-0.25, -0.2) is 13.2 Å². The molecule has 0 aliphatic carbocycles. The first-order chi connectivity index (χ1) is 8.98. The molecule has 1 unspecified atom stereocenters. The van der Waals surface area contributed by atoms with Crippen LogP contribution >= 0.6 is 0 Å². The molecule has 19 heavy (non-hydrogen) atoms. The van der Waals surface area contributed by atoms with Crippen molar-refractivity contribution in [1.29, 1.82) is 0 Å². The number of hydrogen-bond acceptors (Lipinski definition) is 5. The maximum absolute atomic E-state index is 12.5. The van der Waals surface area contributed by atoms with Crippen molar-refractivity contribution in [3.8, 4) is 5.75 Å². The fourth-order valence-corrected chi connectivity index (χ4v) is 4.03. The van der Waals surface area contributed by atoms with Crippen LogP contribution in [0.15, 0.2) is 23.1 Å². The van der Waals surface area contributed by atoms with Crippen LogP contribution in [-0.4, -0.2) is 38.5 Å². The number of carbonyl (C=O) groups is 1. The summed E-state index contributed by atoms with van der Waals surface area (Å²) in [5.41, 5.74) is -0.151. The first kappa shape index (κ1) is 13.8. The molecule has 2 rings (SSSR count). The number of carboxylic acid groups (broad SMARTS) is 1. The predicted molar refractivity (Wildman–Crippen MR) is 68.2 cm³/mol. The van der Waals surface area contributed by atoms with Crippen molar-refractivity contribution >= 4 is 15.8 Å². The van der Waals surface area contributed by atoms with E-state index < -0.39 is 21.2 Å². The van der Waals surface area contributed by atoms with E-state index in [-0.39, 0.29) is 16.2 Å². The Labute approximate surface area is 111 Å². The standard InChI is InChI=1S/C12H15NO5S/c1-18-11-8(12(14)15)4-2-5-9(11)19(16,17)10-6-3-7-13-10/h2,4-5,10,13H,3,6-7H2,1H3,(H,14,15). The molecule has 2 N–H and O–H groups in total. The highest BCUT2D eigenvalue weighted by Crippen LogP contribution is 2.32. The highest BCUT2D eigenvalue weighted by atomic mass is 32.2. The second-order valence-corrected chi connectivity index (χ2v) is 6.37. The lowest BCUT2D eigenvalue weighted by Gasteiger charge is -2.16. The van der Waals surface area contributed by atoms with Gasteiger partial charge in [0, 0.05) is 0 Å². The van der Waals surface area contributed by atoms with Gasteiger partial charge < -0.3 is 15.2 Å². The lowest BCUT2D eigenvalue weighted by Crippen LogP contribution is -2.31. The molecule has 1 heterocycles. The zero-order chi connectivity index (χ0) is 14.0. The molecule has 0 aromatic heterocycles. The van der Waals surface area contributed by atoms with Crippen molar-refractivity contribution in [2.24, 2.45) is 0 Å². The molecule has 1 aromatic rings. The van der Waals surface area contributed by atoms with E-state index in [2.05, 4.69) is 5.32 Å². The van der Waals surface area contributed by atoms with E-state index in [1.54, 1.807) is 0 Å². The minimum atomic E-state index is -3.64. The average Bonchev–Trinajstić information content (AvgIpc) is 2.92. The van der Waals surface area contributed by atoms with Gasteiger partial charge in [0.05, 0.1) is 7.11 Å². The van der Waals surface area contributed by atoms with Gasteiger partial charge in [0.2, 0.25) is 0 Å². The molecule has 1 aromatic carbocycles. The molecule has 0 saturated carbocycles. The van der Waals surface area contributed by atoms with Gasteiger partial charge in [-0.15, -0.1) is 0 Å². The molecule has 1 atom stereocenters. The summed E-state index contributed by atoms with van der Waals surface area (Å²) >= 11 is 0. The largest absolute Gasteiger partial charge is 0.494 e. The molecule has 0 bridgehead atoms. The van der Waals surface area contributed by atoms with Gasteiger partial charge in [0.25, 0.3) is 0 Å². The SMILES string of the molecule is COc1c(C(=O)O)cccc1S(=O)(=O)C1CCCN1. The van der Waals surface area contributed by atoms with Gasteiger partial charge in [-0.05, 0) is 31.5 Å². The molecule has 1 aliphatic heterocycles. The van der Waals surface area contributed by atoms with Crippen LogP contribution in [0.1, 0.15) is 23.2 Å². The summed E-state index contributed by atoms with van der Waals surface area (Å²) in [4.78, 5) is 11.0. The normalized spacial score (nSPS) is 19.3. The first-order valence-electron chi connectivity index (χ1n) is 5.86. The van der Waals surface area contributed by atoms with E-state index in [0.29, 0.717) is 13.0 Å². The number of methoxy groups -OCH3 is 1. The van der Waals surface area contributed by atoms with Crippen LogP contribution < -0.4 is 10.1 Å². The summed E-state index contributed by atoms with van der Waals surface area (Å²) in [7, 11) is -2.37. The quantitative estimate of drug-likeness (QED) is 0.853. The number of benzene rings is 1. The number of hydrogen-bond donors (Lipinski definition) is 2. The third kappa shape index (κ3) is 2.43. The minimum absolute atomic E-state index is 0.0747. The van der Waals surface area contributed by atoms with Gasteiger partial charge >= 0.3 is 5.97 Å². The molecule has 7 heteroatoms. The highest BCUT2D eigenvalue weighted by Gasteiger charge is 2.33. The Hall–Kier alpha value is -1.60. The van der Waals surface area contributed by atoms with E-state index in [4.69, 9.17) is 9.84 Å². The fourth-order valence-electron chi connectivity index (χ4n) is 2.19. The van der Waals surface area contributed by atoms with Crippen molar-refractivity contribution < 1.29 is 23.1 Å². The van der Waals surface area contributed by atoms with Crippen molar-refractivity contribution in [3.05, 3.63) is 23.8 Å². The Balaban J connectivity index is 2.55. The summed E-state index contributed by atoms with van der Waals surface area (Å²) in [6.45, 7) is 0.644. The van der Waals surface area contributed by atoms with Crippen LogP contribution in [0, 0.1) is 0 Å². The molecule has 104 valence electrons. The van der Waals surface area contributed by atoms with Crippen LogP contribution in [0.3, 0.4) is 0 Å². The molecule has 0 spiro atoms. The number of ether oxygens (including phenoxy) is 1. The van der Waals surface area contributed by atoms with E-state index in [0.717, 1.165) is 6.42 Å². The molecule has 1 saturated heterocycles. The van der Waals surface area contributed by atoms with Crippen molar-refractivity contribution in [2.75, 3.05) is 13.7 Å². The molecule has 1 aliphatic rings. The molecule has 1 fully saturated rings. The Bertz CT molecular complexity index is 590.